The molecule has 0 aliphatic heterocycles. The number of ether oxygens (including phenoxy) is 2. The van der Waals surface area contributed by atoms with Gasteiger partial charge in [-0.2, -0.15) is 0 Å². The normalized spacial score (nSPS) is 10.3. The first-order chi connectivity index (χ1) is 9.60. The van der Waals surface area contributed by atoms with Gasteiger partial charge in [-0.15, -0.1) is 0 Å². The second-order valence-corrected chi connectivity index (χ2v) is 4.28. The van der Waals surface area contributed by atoms with Crippen molar-refractivity contribution in [3.8, 4) is 17.2 Å². The largest absolute Gasteiger partial charge is 0.507 e. The van der Waals surface area contributed by atoms with E-state index in [-0.39, 0.29) is 11.7 Å². The van der Waals surface area contributed by atoms with Crippen molar-refractivity contribution in [3.05, 3.63) is 29.8 Å². The Balaban J connectivity index is 2.66. The maximum absolute atomic E-state index is 11.9. The highest BCUT2D eigenvalue weighted by Gasteiger charge is 2.14. The molecule has 5 heteroatoms. The molecule has 2 aromatic rings. The van der Waals surface area contributed by atoms with Crippen LogP contribution >= 0.6 is 0 Å². The quantitative estimate of drug-likeness (QED) is 0.898. The maximum atomic E-state index is 11.9. The zero-order chi connectivity index (χ0) is 14.7. The Morgan fingerprint density at radius 1 is 1.20 bits per heavy atom. The van der Waals surface area contributed by atoms with E-state index in [1.165, 1.54) is 13.2 Å². The molecule has 2 rings (SSSR count). The Morgan fingerprint density at radius 3 is 2.55 bits per heavy atom. The molecule has 0 unspecified atom stereocenters. The Labute approximate surface area is 117 Å². The van der Waals surface area contributed by atoms with Gasteiger partial charge in [-0.05, 0) is 30.5 Å². The van der Waals surface area contributed by atoms with Crippen LogP contribution < -0.4 is 14.8 Å². The van der Waals surface area contributed by atoms with Crippen LogP contribution in [-0.4, -0.2) is 31.8 Å². The van der Waals surface area contributed by atoms with Crippen molar-refractivity contribution in [1.82, 2.24) is 5.32 Å². The fourth-order valence-electron chi connectivity index (χ4n) is 2.10. The number of phenolic OH excluding ortho intramolecular Hbond substituents is 1. The highest BCUT2D eigenvalue weighted by Crippen LogP contribution is 2.37. The van der Waals surface area contributed by atoms with E-state index < -0.39 is 0 Å². The number of methoxy groups -OCH3 is 2. The molecule has 0 heterocycles. The van der Waals surface area contributed by atoms with Crippen LogP contribution in [0.15, 0.2) is 24.3 Å². The van der Waals surface area contributed by atoms with Crippen LogP contribution in [0.1, 0.15) is 17.3 Å². The molecule has 0 aliphatic carbocycles. The fraction of sp³-hybridized carbons (Fsp3) is 0.267. The summed E-state index contributed by atoms with van der Waals surface area (Å²) in [6.07, 6.45) is 0. The first kappa shape index (κ1) is 14.0. The van der Waals surface area contributed by atoms with E-state index >= 15 is 0 Å². The Morgan fingerprint density at radius 2 is 1.95 bits per heavy atom. The van der Waals surface area contributed by atoms with Gasteiger partial charge in [-0.25, -0.2) is 0 Å². The van der Waals surface area contributed by atoms with Crippen LogP contribution in [0.4, 0.5) is 0 Å². The molecule has 0 fully saturated rings. The predicted octanol–water partition coefficient (Wildman–Crippen LogP) is 2.31. The molecule has 0 atom stereocenters. The number of rotatable bonds is 4. The van der Waals surface area contributed by atoms with Crippen LogP contribution in [0.2, 0.25) is 0 Å². The summed E-state index contributed by atoms with van der Waals surface area (Å²) >= 11 is 0. The smallest absolute Gasteiger partial charge is 0.251 e. The summed E-state index contributed by atoms with van der Waals surface area (Å²) in [5.74, 6) is 0.871. The molecule has 0 aromatic heterocycles. The first-order valence-corrected chi connectivity index (χ1v) is 6.27. The molecule has 2 aromatic carbocycles. The third kappa shape index (κ3) is 2.47. The van der Waals surface area contributed by atoms with Crippen molar-refractivity contribution >= 4 is 16.7 Å². The summed E-state index contributed by atoms with van der Waals surface area (Å²) in [5, 5.41) is 14.1. The average Bonchev–Trinajstić information content (AvgIpc) is 2.45. The number of benzene rings is 2. The summed E-state index contributed by atoms with van der Waals surface area (Å²) in [6.45, 7) is 2.37. The molecule has 0 aliphatic rings. The van der Waals surface area contributed by atoms with Gasteiger partial charge in [-0.1, -0.05) is 0 Å². The van der Waals surface area contributed by atoms with Crippen LogP contribution in [-0.2, 0) is 0 Å². The van der Waals surface area contributed by atoms with Crippen LogP contribution in [0.3, 0.4) is 0 Å². The molecule has 2 N–H and O–H groups in total. The van der Waals surface area contributed by atoms with Crippen molar-refractivity contribution in [1.29, 1.82) is 0 Å². The molecule has 1 amide bonds. The standard InChI is InChI=1S/C15H17NO4/c1-4-16-15(18)10-5-9-6-11(19-2)8-13(20-3)14(9)12(17)7-10/h5-8,17H,4H2,1-3H3,(H,16,18). The van der Waals surface area contributed by atoms with Crippen LogP contribution in [0.25, 0.3) is 10.8 Å². The van der Waals surface area contributed by atoms with Crippen molar-refractivity contribution in [3.63, 3.8) is 0 Å². The molecule has 0 radical (unpaired) electrons. The second-order valence-electron chi connectivity index (χ2n) is 4.28. The maximum Gasteiger partial charge on any atom is 0.251 e. The highest BCUT2D eigenvalue weighted by atomic mass is 16.5. The summed E-state index contributed by atoms with van der Waals surface area (Å²) in [5.41, 5.74) is 0.396. The van der Waals surface area contributed by atoms with Crippen molar-refractivity contribution in [2.45, 2.75) is 6.92 Å². The molecule has 0 saturated carbocycles. The van der Waals surface area contributed by atoms with Gasteiger partial charge >= 0.3 is 0 Å². The van der Waals surface area contributed by atoms with Gasteiger partial charge in [-0.3, -0.25) is 4.79 Å². The number of aromatic hydroxyl groups is 1. The van der Waals surface area contributed by atoms with Gasteiger partial charge in [0.25, 0.3) is 5.91 Å². The molecular weight excluding hydrogens is 258 g/mol. The number of hydrogen-bond acceptors (Lipinski definition) is 4. The Kier molecular flexibility index (Phi) is 3.98. The van der Waals surface area contributed by atoms with Crippen molar-refractivity contribution in [2.24, 2.45) is 0 Å². The minimum Gasteiger partial charge on any atom is -0.507 e. The number of fused-ring (bicyclic) bond motifs is 1. The van der Waals surface area contributed by atoms with E-state index in [0.29, 0.717) is 34.4 Å². The van der Waals surface area contributed by atoms with Crippen LogP contribution in [0.5, 0.6) is 17.2 Å². The minimum atomic E-state index is -0.230. The zero-order valence-electron chi connectivity index (χ0n) is 11.7. The van der Waals surface area contributed by atoms with Gasteiger partial charge in [0.2, 0.25) is 0 Å². The average molecular weight is 275 g/mol. The van der Waals surface area contributed by atoms with Gasteiger partial charge in [0.15, 0.2) is 0 Å². The number of nitrogens with one attached hydrogen (secondary N) is 1. The molecule has 0 saturated heterocycles. The lowest BCUT2D eigenvalue weighted by atomic mass is 10.0. The van der Waals surface area contributed by atoms with Crippen molar-refractivity contribution < 1.29 is 19.4 Å². The van der Waals surface area contributed by atoms with E-state index in [9.17, 15) is 9.90 Å². The zero-order valence-corrected chi connectivity index (χ0v) is 11.7. The highest BCUT2D eigenvalue weighted by molar-refractivity contribution is 6.03. The van der Waals surface area contributed by atoms with E-state index in [4.69, 9.17) is 9.47 Å². The van der Waals surface area contributed by atoms with E-state index in [1.807, 2.05) is 6.92 Å². The number of carbonyl (C=O) groups excluding carboxylic acids is 1. The molecule has 106 valence electrons. The summed E-state index contributed by atoms with van der Waals surface area (Å²) in [4.78, 5) is 11.9. The lowest BCUT2D eigenvalue weighted by Gasteiger charge is -2.12. The van der Waals surface area contributed by atoms with Gasteiger partial charge in [0, 0.05) is 18.2 Å². The molecular formula is C15H17NO4. The van der Waals surface area contributed by atoms with Gasteiger partial charge in [0.05, 0.1) is 19.6 Å². The lowest BCUT2D eigenvalue weighted by Crippen LogP contribution is -2.22. The predicted molar refractivity (Wildman–Crippen MR) is 76.7 cm³/mol. The van der Waals surface area contributed by atoms with Gasteiger partial charge in [0.1, 0.15) is 17.2 Å². The Bertz CT molecular complexity index is 652. The summed E-state index contributed by atoms with van der Waals surface area (Å²) in [7, 11) is 3.07. The van der Waals surface area contributed by atoms with Gasteiger partial charge < -0.3 is 19.9 Å². The van der Waals surface area contributed by atoms with E-state index in [1.54, 1.807) is 25.3 Å². The SMILES string of the molecule is CCNC(=O)c1cc(O)c2c(OC)cc(OC)cc2c1. The molecule has 0 bridgehead atoms. The topological polar surface area (TPSA) is 67.8 Å². The third-order valence-electron chi connectivity index (χ3n) is 3.02. The first-order valence-electron chi connectivity index (χ1n) is 6.27. The summed E-state index contributed by atoms with van der Waals surface area (Å²) < 4.78 is 10.4. The second kappa shape index (κ2) is 5.69. The molecule has 20 heavy (non-hydrogen) atoms. The van der Waals surface area contributed by atoms with E-state index in [2.05, 4.69) is 5.32 Å². The summed E-state index contributed by atoms with van der Waals surface area (Å²) in [6, 6.07) is 6.57. The number of phenols is 1. The lowest BCUT2D eigenvalue weighted by molar-refractivity contribution is 0.0955. The monoisotopic (exact) mass is 275 g/mol. The number of amides is 1. The molecule has 5 nitrogen and oxygen atoms in total. The number of hydrogen-bond donors (Lipinski definition) is 2. The Hall–Kier alpha value is -2.43. The van der Waals surface area contributed by atoms with E-state index in [0.717, 1.165) is 0 Å². The molecule has 0 spiro atoms. The van der Waals surface area contributed by atoms with Crippen LogP contribution in [0, 0.1) is 0 Å². The minimum absolute atomic E-state index is 0.00301. The third-order valence-corrected chi connectivity index (χ3v) is 3.02. The van der Waals surface area contributed by atoms with Crippen molar-refractivity contribution in [2.75, 3.05) is 20.8 Å². The number of carbonyl (C=O) groups is 1. The fourth-order valence-corrected chi connectivity index (χ4v) is 2.10.